The smallest absolute Gasteiger partial charge is 0.322 e. The van der Waals surface area contributed by atoms with Gasteiger partial charge in [-0.2, -0.15) is 0 Å². The summed E-state index contributed by atoms with van der Waals surface area (Å²) in [6.07, 6.45) is 0. The highest BCUT2D eigenvalue weighted by molar-refractivity contribution is 5.75. The highest BCUT2D eigenvalue weighted by Crippen LogP contribution is 2.12. The molecule has 1 unspecified atom stereocenters. The van der Waals surface area contributed by atoms with Crippen molar-refractivity contribution in [3.63, 3.8) is 0 Å². The summed E-state index contributed by atoms with van der Waals surface area (Å²) in [7, 11) is 0. The fraction of sp³-hybridized carbons (Fsp3) is 0.429. The average Bonchev–Trinajstić information content (AvgIpc) is 2.43. The molecule has 0 aliphatic heterocycles. The van der Waals surface area contributed by atoms with Gasteiger partial charge in [-0.15, -0.1) is 0 Å². The van der Waals surface area contributed by atoms with Gasteiger partial charge < -0.3 is 20.5 Å². The lowest BCUT2D eigenvalue weighted by molar-refractivity contribution is -0.145. The maximum absolute atomic E-state index is 11.4. The Morgan fingerprint density at radius 2 is 1.95 bits per heavy atom. The normalized spacial score (nSPS) is 11.7. The molecule has 0 saturated carbocycles. The summed E-state index contributed by atoms with van der Waals surface area (Å²) in [6.45, 7) is 4.29. The van der Waals surface area contributed by atoms with Gasteiger partial charge >= 0.3 is 5.97 Å². The zero-order valence-electron chi connectivity index (χ0n) is 11.7. The lowest BCUT2D eigenvalue weighted by Gasteiger charge is -2.12. The van der Waals surface area contributed by atoms with Crippen LogP contribution in [0.3, 0.4) is 0 Å². The first-order valence-electron chi connectivity index (χ1n) is 6.43. The van der Waals surface area contributed by atoms with E-state index in [2.05, 4.69) is 5.32 Å². The molecule has 0 spiro atoms. The van der Waals surface area contributed by atoms with Crippen molar-refractivity contribution in [2.24, 2.45) is 5.73 Å². The topological polar surface area (TPSA) is 90.7 Å². The number of rotatable bonds is 8. The summed E-state index contributed by atoms with van der Waals surface area (Å²) < 4.78 is 10.0. The van der Waals surface area contributed by atoms with Gasteiger partial charge in [-0.1, -0.05) is 12.1 Å². The van der Waals surface area contributed by atoms with Crippen LogP contribution in [0.1, 0.15) is 19.4 Å². The van der Waals surface area contributed by atoms with Crippen LogP contribution in [-0.4, -0.2) is 31.1 Å². The van der Waals surface area contributed by atoms with Gasteiger partial charge in [-0.25, -0.2) is 0 Å². The van der Waals surface area contributed by atoms with E-state index in [9.17, 15) is 9.59 Å². The Kier molecular flexibility index (Phi) is 6.52. The van der Waals surface area contributed by atoms with Crippen LogP contribution in [0.4, 0.5) is 0 Å². The number of esters is 1. The van der Waals surface area contributed by atoms with Gasteiger partial charge in [-0.3, -0.25) is 9.59 Å². The van der Waals surface area contributed by atoms with Crippen LogP contribution in [0.2, 0.25) is 0 Å². The fourth-order valence-electron chi connectivity index (χ4n) is 1.48. The van der Waals surface area contributed by atoms with Gasteiger partial charge in [0.25, 0.3) is 5.91 Å². The van der Waals surface area contributed by atoms with Gasteiger partial charge in [0.05, 0.1) is 6.61 Å². The van der Waals surface area contributed by atoms with E-state index in [-0.39, 0.29) is 18.6 Å². The number of nitrogens with two attached hydrogens (primary N) is 1. The minimum Gasteiger partial charge on any atom is -0.484 e. The largest absolute Gasteiger partial charge is 0.484 e. The van der Waals surface area contributed by atoms with Crippen molar-refractivity contribution in [3.8, 4) is 5.75 Å². The van der Waals surface area contributed by atoms with Crippen LogP contribution in [0.5, 0.6) is 5.75 Å². The monoisotopic (exact) mass is 280 g/mol. The average molecular weight is 280 g/mol. The number of carbonyl (C=O) groups excluding carboxylic acids is 2. The van der Waals surface area contributed by atoms with Gasteiger partial charge in [0.15, 0.2) is 6.61 Å². The summed E-state index contributed by atoms with van der Waals surface area (Å²) in [4.78, 5) is 22.0. The Bertz CT molecular complexity index is 445. The Labute approximate surface area is 118 Å². The Morgan fingerprint density at radius 3 is 2.50 bits per heavy atom. The molecular formula is C14H20N2O4. The molecule has 1 aromatic rings. The lowest BCUT2D eigenvalue weighted by Crippen LogP contribution is -2.34. The molecule has 0 aliphatic rings. The van der Waals surface area contributed by atoms with E-state index in [1.54, 1.807) is 26.0 Å². The summed E-state index contributed by atoms with van der Waals surface area (Å²) >= 11 is 0. The van der Waals surface area contributed by atoms with Crippen molar-refractivity contribution < 1.29 is 19.1 Å². The fourth-order valence-corrected chi connectivity index (χ4v) is 1.48. The molecule has 1 amide bonds. The molecule has 0 bridgehead atoms. The summed E-state index contributed by atoms with van der Waals surface area (Å²) in [5.74, 6) is -0.209. The first-order chi connectivity index (χ1) is 9.52. The Hall–Kier alpha value is -2.08. The van der Waals surface area contributed by atoms with E-state index < -0.39 is 5.91 Å². The van der Waals surface area contributed by atoms with Crippen molar-refractivity contribution in [3.05, 3.63) is 29.8 Å². The molecule has 0 fully saturated rings. The zero-order valence-corrected chi connectivity index (χ0v) is 11.7. The van der Waals surface area contributed by atoms with Crippen molar-refractivity contribution in [1.29, 1.82) is 0 Å². The molecule has 1 atom stereocenters. The van der Waals surface area contributed by atoms with Gasteiger partial charge in [0, 0.05) is 6.54 Å². The quantitative estimate of drug-likeness (QED) is 0.680. The van der Waals surface area contributed by atoms with Gasteiger partial charge in [0.2, 0.25) is 0 Å². The number of primary amides is 1. The van der Waals surface area contributed by atoms with E-state index in [1.165, 1.54) is 0 Å². The Balaban J connectivity index is 2.41. The molecule has 0 aromatic heterocycles. The minimum atomic E-state index is -0.515. The van der Waals surface area contributed by atoms with Crippen molar-refractivity contribution >= 4 is 11.9 Å². The molecule has 20 heavy (non-hydrogen) atoms. The standard InChI is InChI=1S/C14H20N2O4/c1-3-19-14(18)10(2)16-8-11-4-6-12(7-5-11)20-9-13(15)17/h4-7,10,16H,3,8-9H2,1-2H3,(H2,15,17). The predicted octanol–water partition coefficient (Wildman–Crippen LogP) is 0.592. The maximum Gasteiger partial charge on any atom is 0.322 e. The van der Waals surface area contributed by atoms with E-state index in [1.807, 2.05) is 12.1 Å². The van der Waals surface area contributed by atoms with E-state index in [0.717, 1.165) is 5.56 Å². The molecule has 0 radical (unpaired) electrons. The number of nitrogens with one attached hydrogen (secondary N) is 1. The number of hydrogen-bond donors (Lipinski definition) is 2. The highest BCUT2D eigenvalue weighted by Gasteiger charge is 2.12. The van der Waals surface area contributed by atoms with Gasteiger partial charge in [0.1, 0.15) is 11.8 Å². The van der Waals surface area contributed by atoms with Crippen LogP contribution < -0.4 is 15.8 Å². The van der Waals surface area contributed by atoms with Crippen LogP contribution >= 0.6 is 0 Å². The molecule has 6 heteroatoms. The molecule has 3 N–H and O–H groups in total. The summed E-state index contributed by atoms with van der Waals surface area (Å²) in [6, 6.07) is 6.83. The number of carbonyl (C=O) groups is 2. The molecule has 0 aliphatic carbocycles. The third-order valence-electron chi connectivity index (χ3n) is 2.56. The first-order valence-corrected chi connectivity index (χ1v) is 6.43. The number of benzene rings is 1. The third-order valence-corrected chi connectivity index (χ3v) is 2.56. The molecule has 0 heterocycles. The Morgan fingerprint density at radius 1 is 1.30 bits per heavy atom. The lowest BCUT2D eigenvalue weighted by atomic mass is 10.2. The third kappa shape index (κ3) is 5.71. The van der Waals surface area contributed by atoms with Crippen molar-refractivity contribution in [2.45, 2.75) is 26.4 Å². The van der Waals surface area contributed by atoms with Crippen LogP contribution in [0.25, 0.3) is 0 Å². The SMILES string of the molecule is CCOC(=O)C(C)NCc1ccc(OCC(N)=O)cc1. The molecule has 0 saturated heterocycles. The predicted molar refractivity (Wildman–Crippen MR) is 74.1 cm³/mol. The zero-order chi connectivity index (χ0) is 15.0. The van der Waals surface area contributed by atoms with Crippen molar-refractivity contribution in [2.75, 3.05) is 13.2 Å². The van der Waals surface area contributed by atoms with Crippen molar-refractivity contribution in [1.82, 2.24) is 5.32 Å². The minimum absolute atomic E-state index is 0.141. The number of ether oxygens (including phenoxy) is 2. The second-order valence-electron chi connectivity index (χ2n) is 4.25. The van der Waals surface area contributed by atoms with E-state index in [0.29, 0.717) is 18.9 Å². The summed E-state index contributed by atoms with van der Waals surface area (Å²) in [5.41, 5.74) is 5.98. The maximum atomic E-state index is 11.4. The number of amides is 1. The molecular weight excluding hydrogens is 260 g/mol. The molecule has 1 rings (SSSR count). The van der Waals surface area contributed by atoms with Crippen LogP contribution in [-0.2, 0) is 20.9 Å². The number of hydrogen-bond acceptors (Lipinski definition) is 5. The molecule has 110 valence electrons. The molecule has 1 aromatic carbocycles. The highest BCUT2D eigenvalue weighted by atomic mass is 16.5. The second-order valence-corrected chi connectivity index (χ2v) is 4.25. The molecule has 6 nitrogen and oxygen atoms in total. The first kappa shape index (κ1) is 16.0. The van der Waals surface area contributed by atoms with Crippen LogP contribution in [0.15, 0.2) is 24.3 Å². The van der Waals surface area contributed by atoms with Crippen LogP contribution in [0, 0.1) is 0 Å². The van der Waals surface area contributed by atoms with E-state index >= 15 is 0 Å². The van der Waals surface area contributed by atoms with Gasteiger partial charge in [-0.05, 0) is 31.5 Å². The summed E-state index contributed by atoms with van der Waals surface area (Å²) in [5, 5.41) is 3.06. The van der Waals surface area contributed by atoms with E-state index in [4.69, 9.17) is 15.2 Å². The second kappa shape index (κ2) is 8.16.